The molecule has 1 fully saturated rings. The minimum Gasteiger partial charge on any atom is -0.467 e. The molecule has 2 aromatic rings. The second kappa shape index (κ2) is 7.13. The Bertz CT molecular complexity index is 652. The summed E-state index contributed by atoms with van der Waals surface area (Å²) in [7, 11) is 0. The largest absolute Gasteiger partial charge is 0.467 e. The highest BCUT2D eigenvalue weighted by atomic mass is 16.3. The van der Waals surface area contributed by atoms with Crippen LogP contribution in [0.15, 0.2) is 53.1 Å². The summed E-state index contributed by atoms with van der Waals surface area (Å²) >= 11 is 0. The Kier molecular flexibility index (Phi) is 4.76. The first-order chi connectivity index (χ1) is 11.2. The highest BCUT2D eigenvalue weighted by Gasteiger charge is 2.31. The summed E-state index contributed by atoms with van der Waals surface area (Å²) in [5.41, 5.74) is 1.19. The highest BCUT2D eigenvalue weighted by Crippen LogP contribution is 2.16. The third-order valence-electron chi connectivity index (χ3n) is 4.08. The average molecular weight is 312 g/mol. The lowest BCUT2D eigenvalue weighted by Gasteiger charge is -2.24. The molecule has 1 aromatic carbocycles. The second-order valence-electron chi connectivity index (χ2n) is 5.78. The number of rotatable bonds is 6. The molecule has 5 heteroatoms. The van der Waals surface area contributed by atoms with Gasteiger partial charge in [-0.3, -0.25) is 9.59 Å². The predicted octanol–water partition coefficient (Wildman–Crippen LogP) is 1.99. The monoisotopic (exact) mass is 312 g/mol. The fourth-order valence-electron chi connectivity index (χ4n) is 2.80. The number of furan rings is 1. The van der Waals surface area contributed by atoms with Crippen molar-refractivity contribution in [3.63, 3.8) is 0 Å². The number of hydrogen-bond donors (Lipinski definition) is 1. The number of nitrogens with zero attached hydrogens (tertiary/aromatic N) is 1. The summed E-state index contributed by atoms with van der Waals surface area (Å²) in [6, 6.07) is 13.7. The summed E-state index contributed by atoms with van der Waals surface area (Å²) in [6.07, 6.45) is 2.66. The van der Waals surface area contributed by atoms with Crippen molar-refractivity contribution in [3.8, 4) is 0 Å². The van der Waals surface area contributed by atoms with Gasteiger partial charge in [-0.2, -0.15) is 0 Å². The molecule has 0 bridgehead atoms. The van der Waals surface area contributed by atoms with Crippen molar-refractivity contribution in [3.05, 3.63) is 60.1 Å². The van der Waals surface area contributed by atoms with E-state index in [4.69, 9.17) is 4.42 Å². The lowest BCUT2D eigenvalue weighted by atomic mass is 10.1. The highest BCUT2D eigenvalue weighted by molar-refractivity contribution is 5.89. The van der Waals surface area contributed by atoms with Crippen LogP contribution in [0.5, 0.6) is 0 Å². The summed E-state index contributed by atoms with van der Waals surface area (Å²) in [5, 5.41) is 2.73. The molecular weight excluding hydrogens is 292 g/mol. The molecule has 0 spiro atoms. The summed E-state index contributed by atoms with van der Waals surface area (Å²) < 4.78 is 5.37. The minimum atomic E-state index is -0.270. The van der Waals surface area contributed by atoms with Gasteiger partial charge in [0.1, 0.15) is 5.76 Å². The molecule has 0 radical (unpaired) electrons. The van der Waals surface area contributed by atoms with Gasteiger partial charge in [0.25, 0.3) is 0 Å². The fraction of sp³-hybridized carbons (Fsp3) is 0.333. The number of carbonyl (C=O) groups is 2. The zero-order valence-corrected chi connectivity index (χ0v) is 12.9. The Morgan fingerprint density at radius 2 is 2.04 bits per heavy atom. The molecule has 1 N–H and O–H groups in total. The van der Waals surface area contributed by atoms with Crippen molar-refractivity contribution < 1.29 is 14.0 Å². The average Bonchev–Trinajstić information content (AvgIpc) is 3.23. The molecule has 1 aliphatic heterocycles. The second-order valence-corrected chi connectivity index (χ2v) is 5.78. The molecule has 1 atom stereocenters. The van der Waals surface area contributed by atoms with E-state index in [2.05, 4.69) is 17.4 Å². The Morgan fingerprint density at radius 3 is 2.70 bits per heavy atom. The van der Waals surface area contributed by atoms with Crippen molar-refractivity contribution >= 4 is 11.8 Å². The third kappa shape index (κ3) is 4.00. The van der Waals surface area contributed by atoms with E-state index in [1.165, 1.54) is 5.56 Å². The molecule has 2 amide bonds. The lowest BCUT2D eigenvalue weighted by Crippen LogP contribution is -2.37. The quantitative estimate of drug-likeness (QED) is 0.887. The first-order valence-electron chi connectivity index (χ1n) is 7.84. The van der Waals surface area contributed by atoms with Gasteiger partial charge < -0.3 is 14.6 Å². The number of amides is 2. The zero-order valence-electron chi connectivity index (χ0n) is 12.9. The Hall–Kier alpha value is -2.56. The number of hydrogen-bond acceptors (Lipinski definition) is 3. The topological polar surface area (TPSA) is 62.6 Å². The number of carbonyl (C=O) groups excluding carboxylic acids is 2. The van der Waals surface area contributed by atoms with Crippen LogP contribution >= 0.6 is 0 Å². The van der Waals surface area contributed by atoms with Crippen LogP contribution in [0.1, 0.15) is 17.7 Å². The van der Waals surface area contributed by atoms with Crippen molar-refractivity contribution in [2.75, 3.05) is 13.1 Å². The maximum atomic E-state index is 12.7. The third-order valence-corrected chi connectivity index (χ3v) is 4.08. The van der Waals surface area contributed by atoms with Crippen LogP contribution in [0.2, 0.25) is 0 Å². The molecule has 5 nitrogen and oxygen atoms in total. The van der Waals surface area contributed by atoms with Crippen LogP contribution in [0.4, 0.5) is 0 Å². The van der Waals surface area contributed by atoms with E-state index in [0.717, 1.165) is 12.2 Å². The van der Waals surface area contributed by atoms with Crippen LogP contribution in [0.25, 0.3) is 0 Å². The standard InChI is InChI=1S/C18H20N2O3/c21-17-11-15(12-19-17)18(22)20(13-16-7-4-10-23-16)9-8-14-5-2-1-3-6-14/h1-7,10,15H,8-9,11-13H2,(H,19,21). The Labute approximate surface area is 135 Å². The summed E-state index contributed by atoms with van der Waals surface area (Å²) in [6.45, 7) is 1.47. The molecule has 120 valence electrons. The van der Waals surface area contributed by atoms with Crippen molar-refractivity contribution in [1.82, 2.24) is 10.2 Å². The molecule has 1 aromatic heterocycles. The number of nitrogens with one attached hydrogen (secondary N) is 1. The van der Waals surface area contributed by atoms with E-state index < -0.39 is 0 Å². The van der Waals surface area contributed by atoms with Crippen molar-refractivity contribution in [2.24, 2.45) is 5.92 Å². The van der Waals surface area contributed by atoms with Crippen LogP contribution in [-0.2, 0) is 22.6 Å². The van der Waals surface area contributed by atoms with Gasteiger partial charge in [0.2, 0.25) is 11.8 Å². The van der Waals surface area contributed by atoms with E-state index in [0.29, 0.717) is 19.6 Å². The van der Waals surface area contributed by atoms with E-state index in [1.807, 2.05) is 30.3 Å². The predicted molar refractivity (Wildman–Crippen MR) is 85.4 cm³/mol. The van der Waals surface area contributed by atoms with Gasteiger partial charge in [0.05, 0.1) is 18.7 Å². The first-order valence-corrected chi connectivity index (χ1v) is 7.84. The van der Waals surface area contributed by atoms with E-state index in [-0.39, 0.29) is 24.2 Å². The smallest absolute Gasteiger partial charge is 0.228 e. The maximum Gasteiger partial charge on any atom is 0.228 e. The maximum absolute atomic E-state index is 12.7. The van der Waals surface area contributed by atoms with E-state index in [9.17, 15) is 9.59 Å². The molecule has 1 aliphatic rings. The van der Waals surface area contributed by atoms with Crippen LogP contribution in [-0.4, -0.2) is 29.8 Å². The molecular formula is C18H20N2O3. The minimum absolute atomic E-state index is 0.00989. The van der Waals surface area contributed by atoms with Gasteiger partial charge in [0, 0.05) is 19.5 Å². The Morgan fingerprint density at radius 1 is 1.22 bits per heavy atom. The lowest BCUT2D eigenvalue weighted by molar-refractivity contribution is -0.136. The Balaban J connectivity index is 1.68. The molecule has 23 heavy (non-hydrogen) atoms. The summed E-state index contributed by atoms with van der Waals surface area (Å²) in [5.74, 6) is 0.442. The molecule has 2 heterocycles. The SMILES string of the molecule is O=C1CC(C(=O)N(CCc2ccccc2)Cc2ccco2)CN1. The van der Waals surface area contributed by atoms with Crippen LogP contribution in [0.3, 0.4) is 0 Å². The van der Waals surface area contributed by atoms with Crippen molar-refractivity contribution in [2.45, 2.75) is 19.4 Å². The molecule has 3 rings (SSSR count). The fourth-order valence-corrected chi connectivity index (χ4v) is 2.80. The molecule has 1 saturated heterocycles. The van der Waals surface area contributed by atoms with Gasteiger partial charge in [-0.15, -0.1) is 0 Å². The first kappa shape index (κ1) is 15.3. The number of benzene rings is 1. The van der Waals surface area contributed by atoms with Gasteiger partial charge >= 0.3 is 0 Å². The van der Waals surface area contributed by atoms with E-state index in [1.54, 1.807) is 11.2 Å². The molecule has 1 unspecified atom stereocenters. The summed E-state index contributed by atoms with van der Waals surface area (Å²) in [4.78, 5) is 25.9. The molecule has 0 aliphatic carbocycles. The zero-order chi connectivity index (χ0) is 16.1. The van der Waals surface area contributed by atoms with Gasteiger partial charge in [0.15, 0.2) is 0 Å². The van der Waals surface area contributed by atoms with Gasteiger partial charge in [-0.25, -0.2) is 0 Å². The van der Waals surface area contributed by atoms with Crippen LogP contribution < -0.4 is 5.32 Å². The van der Waals surface area contributed by atoms with Crippen LogP contribution in [0, 0.1) is 5.92 Å². The normalized spacial score (nSPS) is 17.0. The van der Waals surface area contributed by atoms with Crippen molar-refractivity contribution in [1.29, 1.82) is 0 Å². The van der Waals surface area contributed by atoms with Gasteiger partial charge in [-0.05, 0) is 24.1 Å². The molecule has 0 saturated carbocycles. The van der Waals surface area contributed by atoms with E-state index >= 15 is 0 Å². The van der Waals surface area contributed by atoms with Gasteiger partial charge in [-0.1, -0.05) is 30.3 Å².